The minimum atomic E-state index is -1.39. The van der Waals surface area contributed by atoms with Gasteiger partial charge in [-0.3, -0.25) is 4.79 Å². The van der Waals surface area contributed by atoms with Crippen LogP contribution in [0, 0.1) is 0 Å². The maximum atomic E-state index is 13.0. The zero-order chi connectivity index (χ0) is 22.0. The predicted octanol–water partition coefficient (Wildman–Crippen LogP) is 3.76. The lowest BCUT2D eigenvalue weighted by Crippen LogP contribution is -2.22. The normalized spacial score (nSPS) is 11.7. The Labute approximate surface area is 186 Å². The van der Waals surface area contributed by atoms with Crippen LogP contribution in [0.1, 0.15) is 20.1 Å². The molecule has 4 aromatic rings. The first-order valence-corrected chi connectivity index (χ1v) is 11.0. The van der Waals surface area contributed by atoms with Gasteiger partial charge in [-0.05, 0) is 40.6 Å². The second-order valence-electron chi connectivity index (χ2n) is 5.98. The molecule has 0 saturated heterocycles. The number of aromatic nitrogens is 2. The fourth-order valence-corrected chi connectivity index (χ4v) is 4.68. The van der Waals surface area contributed by atoms with Gasteiger partial charge in [0.25, 0.3) is 5.78 Å². The van der Waals surface area contributed by atoms with Crippen LogP contribution in [0.2, 0.25) is 0 Å². The number of benzene rings is 1. The zero-order valence-corrected chi connectivity index (χ0v) is 17.8. The van der Waals surface area contributed by atoms with E-state index < -0.39 is 23.7 Å². The summed E-state index contributed by atoms with van der Waals surface area (Å²) in [5.41, 5.74) is 0.478. The Morgan fingerprint density at radius 3 is 2.13 bits per heavy atom. The second-order valence-corrected chi connectivity index (χ2v) is 8.41. The molecule has 4 rings (SSSR count). The maximum Gasteiger partial charge on any atom is 0.388 e. The number of carboxylic acids is 1. The highest BCUT2D eigenvalue weighted by Crippen LogP contribution is 2.32. The number of ether oxygens (including phenoxy) is 1. The summed E-state index contributed by atoms with van der Waals surface area (Å²) < 4.78 is 13.0. The van der Waals surface area contributed by atoms with E-state index in [0.717, 1.165) is 34.4 Å². The molecule has 11 heteroatoms. The van der Waals surface area contributed by atoms with E-state index in [1.165, 1.54) is 24.3 Å². The minimum absolute atomic E-state index is 0.106. The summed E-state index contributed by atoms with van der Waals surface area (Å²) in [6.07, 6.45) is 0. The average Bonchev–Trinajstić information content (AvgIpc) is 3.52. The number of aliphatic carboxylic acids is 1. The lowest BCUT2D eigenvalue weighted by atomic mass is 9.98. The van der Waals surface area contributed by atoms with Gasteiger partial charge in [0.05, 0.1) is 27.8 Å². The molecule has 3 aromatic heterocycles. The van der Waals surface area contributed by atoms with Crippen LogP contribution in [0.15, 0.2) is 53.2 Å². The highest BCUT2D eigenvalue weighted by atomic mass is 32.1. The van der Waals surface area contributed by atoms with Crippen molar-refractivity contribution in [1.29, 1.82) is 0 Å². The summed E-state index contributed by atoms with van der Waals surface area (Å²) in [5.74, 6) is -5.02. The first-order chi connectivity index (χ1) is 15.0. The fraction of sp³-hybridized carbons (Fsp3) is 0. The Kier molecular flexibility index (Phi) is 5.80. The number of esters is 2. The molecule has 0 unspecified atom stereocenters. The molecule has 0 saturated carbocycles. The van der Waals surface area contributed by atoms with Crippen LogP contribution >= 0.6 is 34.4 Å². The molecule has 0 fully saturated rings. The first kappa shape index (κ1) is 20.7. The topological polar surface area (TPSA) is 124 Å². The molecule has 3 heterocycles. The highest BCUT2D eigenvalue weighted by molar-refractivity contribution is 7.13. The van der Waals surface area contributed by atoms with Gasteiger partial charge in [0.2, 0.25) is 0 Å². The van der Waals surface area contributed by atoms with Gasteiger partial charge in [-0.2, -0.15) is 8.75 Å². The number of carboxylic acid groups (broad SMARTS) is 1. The quantitative estimate of drug-likeness (QED) is 0.149. The molecule has 0 bridgehead atoms. The van der Waals surface area contributed by atoms with E-state index in [1.54, 1.807) is 29.0 Å². The Balaban J connectivity index is 1.81. The largest absolute Gasteiger partial charge is 0.478 e. The fourth-order valence-electron chi connectivity index (χ4n) is 2.75. The molecule has 1 aromatic carbocycles. The molecular formula is C20H10N2O6S3. The number of carbonyl (C=O) groups is 4. The summed E-state index contributed by atoms with van der Waals surface area (Å²) >= 11 is 3.09. The van der Waals surface area contributed by atoms with Gasteiger partial charge in [-0.15, -0.1) is 22.7 Å². The van der Waals surface area contributed by atoms with E-state index in [1.807, 2.05) is 0 Å². The Hall–Kier alpha value is -3.54. The molecule has 154 valence electrons. The third-order valence-corrected chi connectivity index (χ3v) is 6.41. The molecule has 0 amide bonds. The molecule has 1 N–H and O–H groups in total. The van der Waals surface area contributed by atoms with Crippen LogP contribution in [-0.4, -0.2) is 37.5 Å². The van der Waals surface area contributed by atoms with Crippen molar-refractivity contribution in [3.05, 3.63) is 68.5 Å². The van der Waals surface area contributed by atoms with Crippen molar-refractivity contribution in [2.45, 2.75) is 0 Å². The first-order valence-electron chi connectivity index (χ1n) is 8.54. The average molecular weight is 471 g/mol. The van der Waals surface area contributed by atoms with E-state index in [-0.39, 0.29) is 26.5 Å². The summed E-state index contributed by atoms with van der Waals surface area (Å²) in [7, 11) is 0. The van der Waals surface area contributed by atoms with Crippen molar-refractivity contribution in [2.75, 3.05) is 0 Å². The van der Waals surface area contributed by atoms with Gasteiger partial charge in [-0.1, -0.05) is 18.2 Å². The van der Waals surface area contributed by atoms with Crippen LogP contribution < -0.4 is 0 Å². The standard InChI is InChI=1S/C20H10N2O6S3/c23-17(14-4-2-8-30-14)20(27)28-19(26)15(16(18(24)25)13-3-1-7-29-13)10-5-6-11-12(9-10)22-31-21-11/h1-9H,(H,24,25)/b16-15-. The van der Waals surface area contributed by atoms with Gasteiger partial charge in [0, 0.05) is 4.88 Å². The van der Waals surface area contributed by atoms with Crippen molar-refractivity contribution >= 4 is 80.3 Å². The van der Waals surface area contributed by atoms with E-state index in [0.29, 0.717) is 11.0 Å². The highest BCUT2D eigenvalue weighted by Gasteiger charge is 2.30. The van der Waals surface area contributed by atoms with Crippen LogP contribution in [0.5, 0.6) is 0 Å². The second kappa shape index (κ2) is 8.68. The molecule has 8 nitrogen and oxygen atoms in total. The van der Waals surface area contributed by atoms with Crippen LogP contribution in [0.4, 0.5) is 0 Å². The number of thiophene rings is 2. The molecule has 0 aliphatic rings. The lowest BCUT2D eigenvalue weighted by Gasteiger charge is -2.11. The van der Waals surface area contributed by atoms with Crippen molar-refractivity contribution < 1.29 is 29.0 Å². The van der Waals surface area contributed by atoms with Crippen molar-refractivity contribution in [1.82, 2.24) is 8.75 Å². The lowest BCUT2D eigenvalue weighted by molar-refractivity contribution is -0.152. The Morgan fingerprint density at radius 2 is 1.48 bits per heavy atom. The van der Waals surface area contributed by atoms with Gasteiger partial charge in [0.1, 0.15) is 11.0 Å². The monoisotopic (exact) mass is 470 g/mol. The molecule has 0 aliphatic heterocycles. The summed E-state index contributed by atoms with van der Waals surface area (Å²) in [4.78, 5) is 50.0. The van der Waals surface area contributed by atoms with Crippen LogP contribution in [0.25, 0.3) is 22.2 Å². The number of carbonyl (C=O) groups excluding carboxylic acids is 3. The Bertz CT molecular complexity index is 1340. The third kappa shape index (κ3) is 4.19. The number of nitrogens with zero attached hydrogens (tertiary/aromatic N) is 2. The molecule has 0 spiro atoms. The smallest absolute Gasteiger partial charge is 0.388 e. The number of fused-ring (bicyclic) bond motifs is 1. The number of hydrogen-bond donors (Lipinski definition) is 1. The van der Waals surface area contributed by atoms with Gasteiger partial charge in [-0.25, -0.2) is 14.4 Å². The molecule has 0 radical (unpaired) electrons. The van der Waals surface area contributed by atoms with Gasteiger partial charge in [0.15, 0.2) is 0 Å². The summed E-state index contributed by atoms with van der Waals surface area (Å²) in [6.45, 7) is 0. The van der Waals surface area contributed by atoms with Crippen LogP contribution in [-0.2, 0) is 19.1 Å². The number of Topliss-reactive ketones (excluding diaryl/α,β-unsaturated/α-hetero) is 1. The summed E-state index contributed by atoms with van der Waals surface area (Å²) in [6, 6.07) is 10.7. The predicted molar refractivity (Wildman–Crippen MR) is 116 cm³/mol. The molecular weight excluding hydrogens is 460 g/mol. The SMILES string of the molecule is O=C(OC(=O)/C(=C(\C(=O)O)c1cccs1)c1ccc2nsnc2c1)C(=O)c1cccs1. The van der Waals surface area contributed by atoms with E-state index in [4.69, 9.17) is 4.74 Å². The number of hydrogen-bond acceptors (Lipinski definition) is 10. The molecule has 0 aliphatic carbocycles. The minimum Gasteiger partial charge on any atom is -0.478 e. The van der Waals surface area contributed by atoms with E-state index in [9.17, 15) is 24.3 Å². The molecule has 31 heavy (non-hydrogen) atoms. The van der Waals surface area contributed by atoms with Gasteiger partial charge >= 0.3 is 17.9 Å². The van der Waals surface area contributed by atoms with Crippen molar-refractivity contribution in [3.63, 3.8) is 0 Å². The Morgan fingerprint density at radius 1 is 0.806 bits per heavy atom. The maximum absolute atomic E-state index is 13.0. The number of ketones is 1. The van der Waals surface area contributed by atoms with E-state index in [2.05, 4.69) is 8.75 Å². The molecule has 0 atom stereocenters. The third-order valence-electron chi connectivity index (χ3n) is 4.09. The van der Waals surface area contributed by atoms with Gasteiger partial charge < -0.3 is 9.84 Å². The van der Waals surface area contributed by atoms with Crippen LogP contribution in [0.3, 0.4) is 0 Å². The van der Waals surface area contributed by atoms with E-state index >= 15 is 0 Å². The zero-order valence-electron chi connectivity index (χ0n) is 15.3. The summed E-state index contributed by atoms with van der Waals surface area (Å²) in [5, 5.41) is 13.1. The number of rotatable bonds is 6. The van der Waals surface area contributed by atoms with Crippen molar-refractivity contribution in [3.8, 4) is 0 Å². The van der Waals surface area contributed by atoms with Crippen molar-refractivity contribution in [2.24, 2.45) is 0 Å².